The van der Waals surface area contributed by atoms with E-state index in [0.29, 0.717) is 13.0 Å². The zero-order valence-corrected chi connectivity index (χ0v) is 10.3. The second-order valence-corrected chi connectivity index (χ2v) is 5.00. The minimum absolute atomic E-state index is 0.0420. The van der Waals surface area contributed by atoms with Gasteiger partial charge < -0.3 is 5.32 Å². The first-order chi connectivity index (χ1) is 8.47. The van der Waals surface area contributed by atoms with Gasteiger partial charge in [0, 0.05) is 23.8 Å². The molecule has 0 unspecified atom stereocenters. The van der Waals surface area contributed by atoms with Crippen LogP contribution in [0.5, 0.6) is 0 Å². The van der Waals surface area contributed by atoms with Crippen LogP contribution in [0.2, 0.25) is 0 Å². The first-order valence-corrected chi connectivity index (χ1v) is 6.25. The molecule has 0 spiro atoms. The molecule has 1 aromatic heterocycles. The van der Waals surface area contributed by atoms with Crippen molar-refractivity contribution in [3.8, 4) is 0 Å². The summed E-state index contributed by atoms with van der Waals surface area (Å²) in [6, 6.07) is -0.0420. The fourth-order valence-electron chi connectivity index (χ4n) is 2.48. The topological polar surface area (TPSA) is 40.7 Å². The summed E-state index contributed by atoms with van der Waals surface area (Å²) in [5, 5.41) is 9.92. The van der Waals surface area contributed by atoms with E-state index in [9.17, 15) is 13.2 Å². The first kappa shape index (κ1) is 13.4. The van der Waals surface area contributed by atoms with Crippen LogP contribution < -0.4 is 5.32 Å². The van der Waals surface area contributed by atoms with E-state index in [4.69, 9.17) is 0 Å². The summed E-state index contributed by atoms with van der Waals surface area (Å²) in [6.07, 6.45) is -0.402. The molecular formula is C12H18F3N3. The Labute approximate surface area is 104 Å². The third-order valence-corrected chi connectivity index (χ3v) is 3.65. The zero-order valence-electron chi connectivity index (χ0n) is 10.3. The Morgan fingerprint density at radius 3 is 2.83 bits per heavy atom. The summed E-state index contributed by atoms with van der Waals surface area (Å²) in [4.78, 5) is 0. The molecule has 0 amide bonds. The van der Waals surface area contributed by atoms with Crippen LogP contribution in [0.4, 0.5) is 13.2 Å². The number of hydrogen-bond donors (Lipinski definition) is 2. The van der Waals surface area contributed by atoms with Crippen molar-refractivity contribution in [3.63, 3.8) is 0 Å². The van der Waals surface area contributed by atoms with Crippen LogP contribution in [0.3, 0.4) is 0 Å². The van der Waals surface area contributed by atoms with E-state index in [1.807, 2.05) is 6.92 Å². The molecule has 1 aliphatic rings. The summed E-state index contributed by atoms with van der Waals surface area (Å²) in [5.74, 6) is -1.14. The molecule has 2 N–H and O–H groups in total. The lowest BCUT2D eigenvalue weighted by molar-refractivity contribution is -0.183. The third-order valence-electron chi connectivity index (χ3n) is 3.65. The lowest BCUT2D eigenvalue weighted by Crippen LogP contribution is -2.38. The minimum Gasteiger partial charge on any atom is -0.310 e. The Kier molecular flexibility index (Phi) is 3.94. The van der Waals surface area contributed by atoms with Crippen molar-refractivity contribution in [2.24, 2.45) is 5.92 Å². The van der Waals surface area contributed by atoms with Gasteiger partial charge in [0.2, 0.25) is 0 Å². The molecular weight excluding hydrogens is 243 g/mol. The predicted molar refractivity (Wildman–Crippen MR) is 62.0 cm³/mol. The quantitative estimate of drug-likeness (QED) is 0.878. The highest BCUT2D eigenvalue weighted by molar-refractivity contribution is 5.13. The Morgan fingerprint density at radius 1 is 1.44 bits per heavy atom. The molecule has 1 aliphatic carbocycles. The number of H-pyrrole nitrogens is 1. The third kappa shape index (κ3) is 3.25. The van der Waals surface area contributed by atoms with Gasteiger partial charge in [-0.25, -0.2) is 0 Å². The smallest absolute Gasteiger partial charge is 0.310 e. The van der Waals surface area contributed by atoms with E-state index in [1.54, 1.807) is 6.20 Å². The molecule has 1 saturated carbocycles. The van der Waals surface area contributed by atoms with Gasteiger partial charge in [0.1, 0.15) is 0 Å². The summed E-state index contributed by atoms with van der Waals surface area (Å²) in [7, 11) is 0. The number of aromatic nitrogens is 2. The van der Waals surface area contributed by atoms with Gasteiger partial charge in [0.25, 0.3) is 0 Å². The van der Waals surface area contributed by atoms with Crippen LogP contribution in [-0.2, 0) is 6.54 Å². The number of alkyl halides is 3. The van der Waals surface area contributed by atoms with Gasteiger partial charge in [0.05, 0.1) is 12.1 Å². The SMILES string of the molecule is Cc1[nH]ncc1CN[C@@H]1CCC[C@H](C(F)(F)F)C1. The van der Waals surface area contributed by atoms with Crippen LogP contribution >= 0.6 is 0 Å². The highest BCUT2D eigenvalue weighted by atomic mass is 19.4. The number of hydrogen-bond acceptors (Lipinski definition) is 2. The number of nitrogens with one attached hydrogen (secondary N) is 2. The van der Waals surface area contributed by atoms with Crippen LogP contribution in [-0.4, -0.2) is 22.4 Å². The van der Waals surface area contributed by atoms with E-state index < -0.39 is 12.1 Å². The van der Waals surface area contributed by atoms with Crippen molar-refractivity contribution in [3.05, 3.63) is 17.5 Å². The maximum Gasteiger partial charge on any atom is 0.391 e. The molecule has 0 bridgehead atoms. The van der Waals surface area contributed by atoms with Gasteiger partial charge >= 0.3 is 6.18 Å². The molecule has 6 heteroatoms. The Bertz CT molecular complexity index is 386. The maximum absolute atomic E-state index is 12.6. The van der Waals surface area contributed by atoms with Gasteiger partial charge in [-0.1, -0.05) is 6.42 Å². The molecule has 1 aromatic rings. The summed E-state index contributed by atoms with van der Waals surface area (Å²) >= 11 is 0. The Hall–Kier alpha value is -1.04. The lowest BCUT2D eigenvalue weighted by atomic mass is 9.85. The lowest BCUT2D eigenvalue weighted by Gasteiger charge is -2.31. The zero-order chi connectivity index (χ0) is 13.2. The summed E-state index contributed by atoms with van der Waals surface area (Å²) < 4.78 is 37.9. The molecule has 18 heavy (non-hydrogen) atoms. The number of halogens is 3. The number of nitrogens with zero attached hydrogens (tertiary/aromatic N) is 1. The van der Waals surface area contributed by atoms with Crippen molar-refractivity contribution < 1.29 is 13.2 Å². The monoisotopic (exact) mass is 261 g/mol. The average molecular weight is 261 g/mol. The normalized spacial score (nSPS) is 25.3. The summed E-state index contributed by atoms with van der Waals surface area (Å²) in [5.41, 5.74) is 1.98. The van der Waals surface area contributed by atoms with Crippen molar-refractivity contribution in [2.75, 3.05) is 0 Å². The molecule has 102 valence electrons. The molecule has 0 radical (unpaired) electrons. The van der Waals surface area contributed by atoms with Crippen molar-refractivity contribution >= 4 is 0 Å². The van der Waals surface area contributed by atoms with Gasteiger partial charge in [-0.2, -0.15) is 18.3 Å². The summed E-state index contributed by atoms with van der Waals surface area (Å²) in [6.45, 7) is 2.49. The highest BCUT2D eigenvalue weighted by Gasteiger charge is 2.41. The molecule has 1 fully saturated rings. The molecule has 2 rings (SSSR count). The molecule has 0 aromatic carbocycles. The van der Waals surface area contributed by atoms with Crippen LogP contribution in [0.15, 0.2) is 6.20 Å². The van der Waals surface area contributed by atoms with Gasteiger partial charge in [-0.3, -0.25) is 5.10 Å². The van der Waals surface area contributed by atoms with Crippen LogP contribution in [0.25, 0.3) is 0 Å². The van der Waals surface area contributed by atoms with Crippen molar-refractivity contribution in [2.45, 2.75) is 51.4 Å². The van der Waals surface area contributed by atoms with Crippen molar-refractivity contribution in [1.29, 1.82) is 0 Å². The van der Waals surface area contributed by atoms with Crippen LogP contribution in [0.1, 0.15) is 36.9 Å². The average Bonchev–Trinajstić information content (AvgIpc) is 2.72. The maximum atomic E-state index is 12.6. The largest absolute Gasteiger partial charge is 0.391 e. The number of rotatable bonds is 3. The van der Waals surface area contributed by atoms with E-state index in [2.05, 4.69) is 15.5 Å². The number of aryl methyl sites for hydroxylation is 1. The Morgan fingerprint density at radius 2 is 2.22 bits per heavy atom. The molecule has 3 nitrogen and oxygen atoms in total. The second-order valence-electron chi connectivity index (χ2n) is 5.00. The number of aromatic amines is 1. The van der Waals surface area contributed by atoms with Crippen molar-refractivity contribution in [1.82, 2.24) is 15.5 Å². The standard InChI is InChI=1S/C12H18F3N3/c1-8-9(7-17-18-8)6-16-11-4-2-3-10(5-11)12(13,14)15/h7,10-11,16H,2-6H2,1H3,(H,17,18)/t10-,11+/m0/s1. The molecule has 0 saturated heterocycles. The van der Waals surface area contributed by atoms with Gasteiger partial charge in [0.15, 0.2) is 0 Å². The van der Waals surface area contributed by atoms with Gasteiger partial charge in [-0.05, 0) is 26.2 Å². The van der Waals surface area contributed by atoms with E-state index >= 15 is 0 Å². The molecule has 1 heterocycles. The Balaban J connectivity index is 1.85. The van der Waals surface area contributed by atoms with Gasteiger partial charge in [-0.15, -0.1) is 0 Å². The molecule has 2 atom stereocenters. The van der Waals surface area contributed by atoms with E-state index in [0.717, 1.165) is 17.7 Å². The van der Waals surface area contributed by atoms with E-state index in [-0.39, 0.29) is 18.9 Å². The highest BCUT2D eigenvalue weighted by Crippen LogP contribution is 2.37. The van der Waals surface area contributed by atoms with Crippen LogP contribution in [0, 0.1) is 12.8 Å². The fourth-order valence-corrected chi connectivity index (χ4v) is 2.48. The first-order valence-electron chi connectivity index (χ1n) is 6.25. The molecule has 0 aliphatic heterocycles. The van der Waals surface area contributed by atoms with E-state index in [1.165, 1.54) is 0 Å². The second kappa shape index (κ2) is 5.30. The minimum atomic E-state index is -4.05. The fraction of sp³-hybridized carbons (Fsp3) is 0.750. The predicted octanol–water partition coefficient (Wildman–Crippen LogP) is 2.93.